The van der Waals surface area contributed by atoms with Crippen LogP contribution in [0.5, 0.6) is 5.75 Å². The van der Waals surface area contributed by atoms with Gasteiger partial charge in [0.15, 0.2) is 0 Å². The second-order valence-corrected chi connectivity index (χ2v) is 5.96. The van der Waals surface area contributed by atoms with Gasteiger partial charge in [-0.05, 0) is 36.8 Å². The molecule has 1 fully saturated rings. The Hall–Kier alpha value is -2.20. The number of rotatable bonds is 7. The second-order valence-electron chi connectivity index (χ2n) is 5.96. The largest absolute Gasteiger partial charge is 0.493 e. The van der Waals surface area contributed by atoms with Gasteiger partial charge in [-0.25, -0.2) is 0 Å². The van der Waals surface area contributed by atoms with Gasteiger partial charge in [0.25, 0.3) is 0 Å². The molecule has 2 aromatic rings. The number of hydrogen-bond acceptors (Lipinski definition) is 4. The van der Waals surface area contributed by atoms with E-state index in [9.17, 15) is 0 Å². The molecule has 4 heteroatoms. The van der Waals surface area contributed by atoms with E-state index in [1.165, 1.54) is 11.3 Å². The SMILES string of the molecule is CCCOc1ccccc1CNc1ccc(N2CCOCC2)cc1. The predicted molar refractivity (Wildman–Crippen MR) is 99.0 cm³/mol. The van der Waals surface area contributed by atoms with Crippen molar-refractivity contribution in [1.29, 1.82) is 0 Å². The third-order valence-corrected chi connectivity index (χ3v) is 4.16. The van der Waals surface area contributed by atoms with Crippen LogP contribution in [0.1, 0.15) is 18.9 Å². The number of morpholine rings is 1. The number of benzene rings is 2. The molecule has 1 saturated heterocycles. The molecule has 0 amide bonds. The summed E-state index contributed by atoms with van der Waals surface area (Å²) in [6.45, 7) is 7.20. The maximum Gasteiger partial charge on any atom is 0.124 e. The molecule has 0 spiro atoms. The third-order valence-electron chi connectivity index (χ3n) is 4.16. The topological polar surface area (TPSA) is 33.7 Å². The maximum absolute atomic E-state index is 5.81. The van der Waals surface area contributed by atoms with Gasteiger partial charge in [0.05, 0.1) is 19.8 Å². The van der Waals surface area contributed by atoms with Crippen molar-refractivity contribution in [2.45, 2.75) is 19.9 Å². The molecule has 0 radical (unpaired) electrons. The Morgan fingerprint density at radius 1 is 1.04 bits per heavy atom. The average molecular weight is 326 g/mol. The lowest BCUT2D eigenvalue weighted by Crippen LogP contribution is -2.36. The zero-order valence-electron chi connectivity index (χ0n) is 14.3. The Labute approximate surface area is 144 Å². The summed E-state index contributed by atoms with van der Waals surface area (Å²) in [5, 5.41) is 3.48. The van der Waals surface area contributed by atoms with E-state index in [4.69, 9.17) is 9.47 Å². The molecule has 1 heterocycles. The Morgan fingerprint density at radius 3 is 2.54 bits per heavy atom. The fourth-order valence-electron chi connectivity index (χ4n) is 2.81. The summed E-state index contributed by atoms with van der Waals surface area (Å²) in [5.74, 6) is 0.969. The molecule has 0 saturated carbocycles. The number of nitrogens with one attached hydrogen (secondary N) is 1. The molecule has 4 nitrogen and oxygen atoms in total. The second kappa shape index (κ2) is 8.60. The van der Waals surface area contributed by atoms with Crippen molar-refractivity contribution in [2.24, 2.45) is 0 Å². The highest BCUT2D eigenvalue weighted by Crippen LogP contribution is 2.22. The third kappa shape index (κ3) is 4.42. The van der Waals surface area contributed by atoms with E-state index >= 15 is 0 Å². The van der Waals surface area contributed by atoms with Gasteiger partial charge in [-0.15, -0.1) is 0 Å². The van der Waals surface area contributed by atoms with Gasteiger partial charge in [0.2, 0.25) is 0 Å². The van der Waals surface area contributed by atoms with Crippen LogP contribution in [0.25, 0.3) is 0 Å². The van der Waals surface area contributed by atoms with Crippen molar-refractivity contribution in [3.63, 3.8) is 0 Å². The Kier molecular flexibility index (Phi) is 5.96. The number of para-hydroxylation sites is 1. The fourth-order valence-corrected chi connectivity index (χ4v) is 2.81. The molecule has 1 aliphatic heterocycles. The van der Waals surface area contributed by atoms with Crippen LogP contribution in [-0.2, 0) is 11.3 Å². The summed E-state index contributed by atoms with van der Waals surface area (Å²) >= 11 is 0. The lowest BCUT2D eigenvalue weighted by atomic mass is 10.2. The van der Waals surface area contributed by atoms with Gasteiger partial charge in [-0.2, -0.15) is 0 Å². The average Bonchev–Trinajstić information content (AvgIpc) is 2.66. The minimum atomic E-state index is 0.755. The van der Waals surface area contributed by atoms with Gasteiger partial charge in [-0.3, -0.25) is 0 Å². The van der Waals surface area contributed by atoms with Crippen LogP contribution in [0.2, 0.25) is 0 Å². The van der Waals surface area contributed by atoms with E-state index in [2.05, 4.69) is 53.5 Å². The first-order valence-electron chi connectivity index (χ1n) is 8.74. The highest BCUT2D eigenvalue weighted by Gasteiger charge is 2.10. The Balaban J connectivity index is 1.58. The summed E-state index contributed by atoms with van der Waals surface area (Å²) in [4.78, 5) is 2.36. The molecule has 24 heavy (non-hydrogen) atoms. The van der Waals surface area contributed by atoms with E-state index in [-0.39, 0.29) is 0 Å². The number of hydrogen-bond donors (Lipinski definition) is 1. The molecule has 3 rings (SSSR count). The normalized spacial score (nSPS) is 14.5. The van der Waals surface area contributed by atoms with Crippen molar-refractivity contribution in [3.8, 4) is 5.75 Å². The number of anilines is 2. The maximum atomic E-state index is 5.81. The molecule has 2 aromatic carbocycles. The number of ether oxygens (including phenoxy) is 2. The summed E-state index contributed by atoms with van der Waals surface area (Å²) < 4.78 is 11.2. The van der Waals surface area contributed by atoms with Crippen molar-refractivity contribution in [2.75, 3.05) is 43.1 Å². The number of nitrogens with zero attached hydrogens (tertiary/aromatic N) is 1. The lowest BCUT2D eigenvalue weighted by Gasteiger charge is -2.29. The quantitative estimate of drug-likeness (QED) is 0.836. The monoisotopic (exact) mass is 326 g/mol. The predicted octanol–water partition coefficient (Wildman–Crippen LogP) is 3.92. The summed E-state index contributed by atoms with van der Waals surface area (Å²) in [6, 6.07) is 16.8. The molecular weight excluding hydrogens is 300 g/mol. The van der Waals surface area contributed by atoms with E-state index in [1.807, 2.05) is 12.1 Å². The first kappa shape index (κ1) is 16.7. The Morgan fingerprint density at radius 2 is 1.79 bits per heavy atom. The van der Waals surface area contributed by atoms with Gasteiger partial charge in [0.1, 0.15) is 5.75 Å². The minimum absolute atomic E-state index is 0.755. The lowest BCUT2D eigenvalue weighted by molar-refractivity contribution is 0.122. The van der Waals surface area contributed by atoms with Gasteiger partial charge >= 0.3 is 0 Å². The molecule has 0 atom stereocenters. The van der Waals surface area contributed by atoms with Crippen molar-refractivity contribution >= 4 is 11.4 Å². The summed E-state index contributed by atoms with van der Waals surface area (Å²) in [7, 11) is 0. The molecule has 128 valence electrons. The van der Waals surface area contributed by atoms with Crippen LogP contribution in [0.15, 0.2) is 48.5 Å². The Bertz CT molecular complexity index is 622. The van der Waals surface area contributed by atoms with Crippen LogP contribution in [-0.4, -0.2) is 32.9 Å². The molecule has 0 unspecified atom stereocenters. The van der Waals surface area contributed by atoms with Gasteiger partial charge < -0.3 is 19.7 Å². The van der Waals surface area contributed by atoms with Crippen LogP contribution >= 0.6 is 0 Å². The van der Waals surface area contributed by atoms with E-state index < -0.39 is 0 Å². The molecule has 1 aliphatic rings. The van der Waals surface area contributed by atoms with Crippen LogP contribution in [0.3, 0.4) is 0 Å². The zero-order valence-corrected chi connectivity index (χ0v) is 14.3. The smallest absolute Gasteiger partial charge is 0.124 e. The summed E-state index contributed by atoms with van der Waals surface area (Å²) in [6.07, 6.45) is 1.02. The standard InChI is InChI=1S/C20H26N2O2/c1-2-13-24-20-6-4-3-5-17(20)16-21-18-7-9-19(10-8-18)22-11-14-23-15-12-22/h3-10,21H,2,11-16H2,1H3. The molecule has 0 bridgehead atoms. The van der Waals surface area contributed by atoms with Crippen molar-refractivity contribution in [3.05, 3.63) is 54.1 Å². The first-order chi connectivity index (χ1) is 11.9. The first-order valence-corrected chi connectivity index (χ1v) is 8.74. The van der Waals surface area contributed by atoms with Gasteiger partial charge in [0, 0.05) is 36.6 Å². The highest BCUT2D eigenvalue weighted by molar-refractivity contribution is 5.55. The van der Waals surface area contributed by atoms with Crippen LogP contribution < -0.4 is 15.0 Å². The van der Waals surface area contributed by atoms with Gasteiger partial charge in [-0.1, -0.05) is 25.1 Å². The minimum Gasteiger partial charge on any atom is -0.493 e. The van der Waals surface area contributed by atoms with Crippen molar-refractivity contribution < 1.29 is 9.47 Å². The highest BCUT2D eigenvalue weighted by atomic mass is 16.5. The molecule has 1 N–H and O–H groups in total. The van der Waals surface area contributed by atoms with E-state index in [0.717, 1.165) is 57.3 Å². The molecule has 0 aromatic heterocycles. The molecular formula is C20H26N2O2. The molecule has 0 aliphatic carbocycles. The zero-order chi connectivity index (χ0) is 16.6. The fraction of sp³-hybridized carbons (Fsp3) is 0.400. The van der Waals surface area contributed by atoms with Crippen LogP contribution in [0, 0.1) is 0 Å². The summed E-state index contributed by atoms with van der Waals surface area (Å²) in [5.41, 5.74) is 3.57. The van der Waals surface area contributed by atoms with Crippen LogP contribution in [0.4, 0.5) is 11.4 Å². The van der Waals surface area contributed by atoms with E-state index in [0.29, 0.717) is 0 Å². The van der Waals surface area contributed by atoms with Crippen molar-refractivity contribution in [1.82, 2.24) is 0 Å². The van der Waals surface area contributed by atoms with E-state index in [1.54, 1.807) is 0 Å².